The number of aliphatic hydroxyl groups is 1. The Morgan fingerprint density at radius 1 is 1.35 bits per heavy atom. The second-order valence-electron chi connectivity index (χ2n) is 5.10. The standard InChI is InChI=1S/C13H21NO5S/c1-9-12(7-15)13(10(2)19-9)20(16,17)14-5-3-11-4-6-18-8-11/h11,14-15H,3-8H2,1-2H3. The van der Waals surface area contributed by atoms with Crippen LogP contribution >= 0.6 is 0 Å². The Balaban J connectivity index is 2.06. The number of ether oxygens (including phenoxy) is 1. The van der Waals surface area contributed by atoms with E-state index in [1.165, 1.54) is 0 Å². The van der Waals surface area contributed by atoms with Gasteiger partial charge in [0.25, 0.3) is 0 Å². The quantitative estimate of drug-likeness (QED) is 0.821. The van der Waals surface area contributed by atoms with Crippen LogP contribution in [-0.2, 0) is 21.4 Å². The third kappa shape index (κ3) is 3.22. The smallest absolute Gasteiger partial charge is 0.244 e. The molecule has 1 aromatic heterocycles. The summed E-state index contributed by atoms with van der Waals surface area (Å²) >= 11 is 0. The maximum atomic E-state index is 12.3. The number of aliphatic hydroxyl groups excluding tert-OH is 1. The summed E-state index contributed by atoms with van der Waals surface area (Å²) in [5, 5.41) is 9.31. The molecule has 1 saturated heterocycles. The molecular formula is C13H21NO5S. The van der Waals surface area contributed by atoms with Crippen molar-refractivity contribution in [3.8, 4) is 0 Å². The molecular weight excluding hydrogens is 282 g/mol. The van der Waals surface area contributed by atoms with Crippen LogP contribution in [0.25, 0.3) is 0 Å². The van der Waals surface area contributed by atoms with Gasteiger partial charge in [-0.15, -0.1) is 0 Å². The van der Waals surface area contributed by atoms with Gasteiger partial charge < -0.3 is 14.3 Å². The van der Waals surface area contributed by atoms with E-state index in [2.05, 4.69) is 4.72 Å². The van der Waals surface area contributed by atoms with E-state index in [-0.39, 0.29) is 11.5 Å². The first kappa shape index (κ1) is 15.5. The Kier molecular flexibility index (Phi) is 4.85. The van der Waals surface area contributed by atoms with Crippen molar-refractivity contribution in [2.45, 2.75) is 38.2 Å². The number of sulfonamides is 1. The van der Waals surface area contributed by atoms with Gasteiger partial charge in [-0.2, -0.15) is 0 Å². The molecule has 0 radical (unpaired) electrons. The lowest BCUT2D eigenvalue weighted by molar-refractivity contribution is 0.184. The topological polar surface area (TPSA) is 88.8 Å². The molecule has 2 N–H and O–H groups in total. The predicted molar refractivity (Wildman–Crippen MR) is 72.8 cm³/mol. The molecule has 0 saturated carbocycles. The van der Waals surface area contributed by atoms with Gasteiger partial charge in [0.1, 0.15) is 16.4 Å². The number of aryl methyl sites for hydroxylation is 2. The molecule has 0 aromatic carbocycles. The molecule has 1 fully saturated rings. The van der Waals surface area contributed by atoms with E-state index >= 15 is 0 Å². The van der Waals surface area contributed by atoms with Crippen LogP contribution in [0.3, 0.4) is 0 Å². The summed E-state index contributed by atoms with van der Waals surface area (Å²) in [5.41, 5.74) is 0.333. The monoisotopic (exact) mass is 303 g/mol. The average molecular weight is 303 g/mol. The summed E-state index contributed by atoms with van der Waals surface area (Å²) in [6, 6.07) is 0. The first-order valence-electron chi connectivity index (χ1n) is 6.73. The largest absolute Gasteiger partial charge is 0.465 e. The van der Waals surface area contributed by atoms with E-state index in [0.29, 0.717) is 36.2 Å². The lowest BCUT2D eigenvalue weighted by Crippen LogP contribution is -2.27. The van der Waals surface area contributed by atoms with Crippen molar-refractivity contribution in [2.75, 3.05) is 19.8 Å². The van der Waals surface area contributed by atoms with Crippen LogP contribution in [0.15, 0.2) is 9.31 Å². The third-order valence-electron chi connectivity index (χ3n) is 3.62. The molecule has 6 nitrogen and oxygen atoms in total. The maximum absolute atomic E-state index is 12.3. The second kappa shape index (κ2) is 6.26. The number of rotatable bonds is 6. The van der Waals surface area contributed by atoms with Crippen LogP contribution in [0.5, 0.6) is 0 Å². The predicted octanol–water partition coefficient (Wildman–Crippen LogP) is 1.09. The highest BCUT2D eigenvalue weighted by Crippen LogP contribution is 2.26. The van der Waals surface area contributed by atoms with Gasteiger partial charge in [0.05, 0.1) is 6.61 Å². The molecule has 1 atom stereocenters. The van der Waals surface area contributed by atoms with Gasteiger partial charge in [-0.05, 0) is 32.6 Å². The molecule has 1 aromatic rings. The van der Waals surface area contributed by atoms with E-state index in [1.807, 2.05) is 0 Å². The third-order valence-corrected chi connectivity index (χ3v) is 5.28. The van der Waals surface area contributed by atoms with Gasteiger partial charge in [-0.1, -0.05) is 0 Å². The fourth-order valence-corrected chi connectivity index (χ4v) is 4.01. The Bertz CT molecular complexity index is 558. The van der Waals surface area contributed by atoms with Crippen molar-refractivity contribution in [3.05, 3.63) is 17.1 Å². The zero-order chi connectivity index (χ0) is 14.8. The highest BCUT2D eigenvalue weighted by molar-refractivity contribution is 7.89. The molecule has 114 valence electrons. The second-order valence-corrected chi connectivity index (χ2v) is 6.80. The molecule has 2 heterocycles. The van der Waals surface area contributed by atoms with Gasteiger partial charge in [0, 0.05) is 25.3 Å². The van der Waals surface area contributed by atoms with Gasteiger partial charge in [0.15, 0.2) is 0 Å². The maximum Gasteiger partial charge on any atom is 0.244 e. The Labute approximate surface area is 119 Å². The van der Waals surface area contributed by atoms with Crippen molar-refractivity contribution in [1.29, 1.82) is 0 Å². The van der Waals surface area contributed by atoms with E-state index in [0.717, 1.165) is 19.4 Å². The highest BCUT2D eigenvalue weighted by atomic mass is 32.2. The zero-order valence-electron chi connectivity index (χ0n) is 11.8. The summed E-state index contributed by atoms with van der Waals surface area (Å²) in [7, 11) is -3.65. The van der Waals surface area contributed by atoms with Crippen LogP contribution in [-0.4, -0.2) is 33.3 Å². The zero-order valence-corrected chi connectivity index (χ0v) is 12.6. The van der Waals surface area contributed by atoms with Crippen LogP contribution in [0.1, 0.15) is 29.9 Å². The Morgan fingerprint density at radius 2 is 2.10 bits per heavy atom. The van der Waals surface area contributed by atoms with Crippen LogP contribution < -0.4 is 4.72 Å². The van der Waals surface area contributed by atoms with Crippen LogP contribution in [0.2, 0.25) is 0 Å². The Hall–Kier alpha value is -0.890. The van der Waals surface area contributed by atoms with Crippen molar-refractivity contribution in [3.63, 3.8) is 0 Å². The summed E-state index contributed by atoms with van der Waals surface area (Å²) in [6.07, 6.45) is 1.73. The molecule has 0 amide bonds. The summed E-state index contributed by atoms with van der Waals surface area (Å²) in [4.78, 5) is 0.0696. The SMILES string of the molecule is Cc1oc(C)c(S(=O)(=O)NCCC2CCOC2)c1CO. The molecule has 7 heteroatoms. The van der Waals surface area contributed by atoms with E-state index in [1.54, 1.807) is 13.8 Å². The van der Waals surface area contributed by atoms with E-state index < -0.39 is 10.0 Å². The molecule has 1 unspecified atom stereocenters. The van der Waals surface area contributed by atoms with Crippen molar-refractivity contribution in [1.82, 2.24) is 4.72 Å². The van der Waals surface area contributed by atoms with E-state index in [4.69, 9.17) is 9.15 Å². The number of furan rings is 1. The highest BCUT2D eigenvalue weighted by Gasteiger charge is 2.26. The fraction of sp³-hybridized carbons (Fsp3) is 0.692. The van der Waals surface area contributed by atoms with Gasteiger partial charge in [-0.25, -0.2) is 13.1 Å². The van der Waals surface area contributed by atoms with E-state index in [9.17, 15) is 13.5 Å². The molecule has 2 rings (SSSR count). The number of nitrogens with one attached hydrogen (secondary N) is 1. The van der Waals surface area contributed by atoms with Crippen LogP contribution in [0, 0.1) is 19.8 Å². The normalized spacial score (nSPS) is 19.6. The Morgan fingerprint density at radius 3 is 2.70 bits per heavy atom. The minimum atomic E-state index is -3.65. The molecule has 20 heavy (non-hydrogen) atoms. The number of hydrogen-bond donors (Lipinski definition) is 2. The number of hydrogen-bond acceptors (Lipinski definition) is 5. The summed E-state index contributed by atoms with van der Waals surface area (Å²) in [6.45, 7) is 4.71. The molecule has 0 spiro atoms. The molecule has 1 aliphatic rings. The first-order chi connectivity index (χ1) is 9.45. The fourth-order valence-electron chi connectivity index (χ4n) is 2.53. The van der Waals surface area contributed by atoms with Crippen molar-refractivity contribution >= 4 is 10.0 Å². The van der Waals surface area contributed by atoms with Gasteiger partial charge >= 0.3 is 0 Å². The summed E-state index contributed by atoms with van der Waals surface area (Å²) in [5.74, 6) is 1.17. The van der Waals surface area contributed by atoms with Crippen molar-refractivity contribution < 1.29 is 22.7 Å². The minimum Gasteiger partial charge on any atom is -0.465 e. The molecule has 0 aliphatic carbocycles. The van der Waals surface area contributed by atoms with Gasteiger partial charge in [-0.3, -0.25) is 0 Å². The average Bonchev–Trinajstić information content (AvgIpc) is 2.96. The summed E-state index contributed by atoms with van der Waals surface area (Å²) < 4.78 is 37.8. The molecule has 1 aliphatic heterocycles. The minimum absolute atomic E-state index is 0.0696. The van der Waals surface area contributed by atoms with Gasteiger partial charge in [0.2, 0.25) is 10.0 Å². The lowest BCUT2D eigenvalue weighted by Gasteiger charge is -2.10. The molecule has 0 bridgehead atoms. The van der Waals surface area contributed by atoms with Crippen LogP contribution in [0.4, 0.5) is 0 Å². The first-order valence-corrected chi connectivity index (χ1v) is 8.21. The van der Waals surface area contributed by atoms with Crippen molar-refractivity contribution in [2.24, 2.45) is 5.92 Å². The lowest BCUT2D eigenvalue weighted by atomic mass is 10.1.